The van der Waals surface area contributed by atoms with Gasteiger partial charge in [-0.05, 0) is 56.0 Å². The summed E-state index contributed by atoms with van der Waals surface area (Å²) in [4.78, 5) is 4.51. The lowest BCUT2D eigenvalue weighted by Crippen LogP contribution is -2.15. The molecule has 7 heteroatoms. The average molecular weight is 398 g/mol. The van der Waals surface area contributed by atoms with Crippen molar-refractivity contribution in [1.82, 2.24) is 4.98 Å². The summed E-state index contributed by atoms with van der Waals surface area (Å²) in [5.41, 5.74) is 2.66. The van der Waals surface area contributed by atoms with Gasteiger partial charge in [0.1, 0.15) is 5.75 Å². The minimum absolute atomic E-state index is 0.193. The van der Waals surface area contributed by atoms with Crippen molar-refractivity contribution < 1.29 is 17.6 Å². The standard InChI is InChI=1S/C21H22N2O4S/c1-13-4-9-18(26-3)17(10-13)23-28(24,25)20-11-16(6-5-14(20)2)19-12-22-21(27-19)15-7-8-15/h4-6,9-12,15,23H,7-8H2,1-3H3. The highest BCUT2D eigenvalue weighted by Gasteiger charge is 2.29. The summed E-state index contributed by atoms with van der Waals surface area (Å²) in [5.74, 6) is 2.17. The number of hydrogen-bond donors (Lipinski definition) is 1. The van der Waals surface area contributed by atoms with Crippen LogP contribution in [0.25, 0.3) is 11.3 Å². The first-order valence-electron chi connectivity index (χ1n) is 9.11. The van der Waals surface area contributed by atoms with E-state index >= 15 is 0 Å². The van der Waals surface area contributed by atoms with Crippen molar-refractivity contribution in [3.05, 3.63) is 59.6 Å². The van der Waals surface area contributed by atoms with Crippen LogP contribution in [-0.4, -0.2) is 20.5 Å². The molecule has 1 aliphatic carbocycles. The quantitative estimate of drug-likeness (QED) is 0.654. The molecule has 0 atom stereocenters. The van der Waals surface area contributed by atoms with Crippen LogP contribution in [-0.2, 0) is 10.0 Å². The van der Waals surface area contributed by atoms with E-state index in [1.54, 1.807) is 37.4 Å². The second kappa shape index (κ2) is 6.98. The Morgan fingerprint density at radius 2 is 1.93 bits per heavy atom. The molecule has 3 aromatic rings. The molecule has 1 fully saturated rings. The molecule has 146 valence electrons. The van der Waals surface area contributed by atoms with Gasteiger partial charge in [-0.3, -0.25) is 4.72 Å². The molecule has 1 aromatic heterocycles. The second-order valence-corrected chi connectivity index (χ2v) is 8.78. The summed E-state index contributed by atoms with van der Waals surface area (Å²) >= 11 is 0. The minimum atomic E-state index is -3.81. The van der Waals surface area contributed by atoms with Gasteiger partial charge in [0.25, 0.3) is 10.0 Å². The molecule has 1 heterocycles. The lowest BCUT2D eigenvalue weighted by molar-refractivity contribution is 0.417. The van der Waals surface area contributed by atoms with Crippen molar-refractivity contribution in [2.45, 2.75) is 37.5 Å². The predicted molar refractivity (Wildman–Crippen MR) is 107 cm³/mol. The Hall–Kier alpha value is -2.80. The van der Waals surface area contributed by atoms with Crippen molar-refractivity contribution in [3.8, 4) is 17.1 Å². The number of sulfonamides is 1. The van der Waals surface area contributed by atoms with Crippen LogP contribution in [0.5, 0.6) is 5.75 Å². The lowest BCUT2D eigenvalue weighted by Gasteiger charge is -2.14. The highest BCUT2D eigenvalue weighted by Crippen LogP contribution is 2.40. The van der Waals surface area contributed by atoms with Crippen LogP contribution < -0.4 is 9.46 Å². The molecule has 0 amide bonds. The van der Waals surface area contributed by atoms with Crippen LogP contribution in [0.1, 0.15) is 35.8 Å². The molecule has 0 aliphatic heterocycles. The summed E-state index contributed by atoms with van der Waals surface area (Å²) in [7, 11) is -2.30. The third kappa shape index (κ3) is 3.62. The maximum absolute atomic E-state index is 13.1. The molecule has 2 aromatic carbocycles. The molecule has 1 saturated carbocycles. The molecule has 4 rings (SSSR count). The molecule has 1 N–H and O–H groups in total. The number of anilines is 1. The number of hydrogen-bond acceptors (Lipinski definition) is 5. The number of ether oxygens (including phenoxy) is 1. The van der Waals surface area contributed by atoms with Gasteiger partial charge in [0.05, 0.1) is 23.9 Å². The second-order valence-electron chi connectivity index (χ2n) is 7.13. The smallest absolute Gasteiger partial charge is 0.262 e. The van der Waals surface area contributed by atoms with Gasteiger partial charge in [0.15, 0.2) is 11.7 Å². The van der Waals surface area contributed by atoms with E-state index in [2.05, 4.69) is 9.71 Å². The Morgan fingerprint density at radius 1 is 1.14 bits per heavy atom. The fourth-order valence-corrected chi connectivity index (χ4v) is 4.42. The fraction of sp³-hybridized carbons (Fsp3) is 0.286. The van der Waals surface area contributed by atoms with E-state index < -0.39 is 10.0 Å². The zero-order valence-corrected chi connectivity index (χ0v) is 16.8. The zero-order valence-electron chi connectivity index (χ0n) is 16.0. The Morgan fingerprint density at radius 3 is 2.64 bits per heavy atom. The lowest BCUT2D eigenvalue weighted by atomic mass is 10.1. The number of nitrogens with zero attached hydrogens (tertiary/aromatic N) is 1. The summed E-state index contributed by atoms with van der Waals surface area (Å²) in [6.07, 6.45) is 3.84. The third-order valence-corrected chi connectivity index (χ3v) is 6.32. The van der Waals surface area contributed by atoms with E-state index in [1.807, 2.05) is 19.1 Å². The van der Waals surface area contributed by atoms with Crippen LogP contribution in [0.15, 0.2) is 51.9 Å². The molecule has 6 nitrogen and oxygen atoms in total. The first-order chi connectivity index (χ1) is 13.4. The zero-order chi connectivity index (χ0) is 19.9. The van der Waals surface area contributed by atoms with Gasteiger partial charge in [-0.2, -0.15) is 0 Å². The third-order valence-electron chi connectivity index (χ3n) is 4.81. The van der Waals surface area contributed by atoms with Gasteiger partial charge in [-0.15, -0.1) is 0 Å². The molecular formula is C21H22N2O4S. The molecule has 0 saturated heterocycles. The molecule has 0 unspecified atom stereocenters. The van der Waals surface area contributed by atoms with Gasteiger partial charge < -0.3 is 9.15 Å². The predicted octanol–water partition coefficient (Wildman–Crippen LogP) is 4.65. The Kier molecular flexibility index (Phi) is 4.63. The topological polar surface area (TPSA) is 81.4 Å². The maximum atomic E-state index is 13.1. The van der Waals surface area contributed by atoms with Gasteiger partial charge in [0, 0.05) is 11.5 Å². The minimum Gasteiger partial charge on any atom is -0.495 e. The summed E-state index contributed by atoms with van der Waals surface area (Å²) < 4.78 is 40.0. The van der Waals surface area contributed by atoms with Crippen molar-refractivity contribution in [2.75, 3.05) is 11.8 Å². The summed E-state index contributed by atoms with van der Waals surface area (Å²) in [6.45, 7) is 3.66. The van der Waals surface area contributed by atoms with E-state index in [-0.39, 0.29) is 4.90 Å². The van der Waals surface area contributed by atoms with Crippen molar-refractivity contribution >= 4 is 15.7 Å². The van der Waals surface area contributed by atoms with Crippen molar-refractivity contribution in [2.24, 2.45) is 0 Å². The van der Waals surface area contributed by atoms with Crippen LogP contribution in [0.2, 0.25) is 0 Å². The van der Waals surface area contributed by atoms with Crippen molar-refractivity contribution in [3.63, 3.8) is 0 Å². The number of nitrogens with one attached hydrogen (secondary N) is 1. The van der Waals surface area contributed by atoms with E-state index in [4.69, 9.17) is 9.15 Å². The van der Waals surface area contributed by atoms with Gasteiger partial charge in [0.2, 0.25) is 0 Å². The molecule has 0 bridgehead atoms. The number of aromatic nitrogens is 1. The Bertz CT molecular complexity index is 1130. The Labute approximate surface area is 164 Å². The average Bonchev–Trinajstić information content (AvgIpc) is 3.39. The van der Waals surface area contributed by atoms with Crippen LogP contribution in [0.4, 0.5) is 5.69 Å². The number of rotatable bonds is 6. The first-order valence-corrected chi connectivity index (χ1v) is 10.6. The van der Waals surface area contributed by atoms with Gasteiger partial charge >= 0.3 is 0 Å². The Balaban J connectivity index is 1.70. The summed E-state index contributed by atoms with van der Waals surface area (Å²) in [5, 5.41) is 0. The number of aryl methyl sites for hydroxylation is 2. The van der Waals surface area contributed by atoms with E-state index in [0.29, 0.717) is 34.2 Å². The number of methoxy groups -OCH3 is 1. The van der Waals surface area contributed by atoms with E-state index in [0.717, 1.165) is 24.3 Å². The van der Waals surface area contributed by atoms with Crippen molar-refractivity contribution in [1.29, 1.82) is 0 Å². The maximum Gasteiger partial charge on any atom is 0.262 e. The molecule has 0 spiro atoms. The highest BCUT2D eigenvalue weighted by atomic mass is 32.2. The number of oxazole rings is 1. The fourth-order valence-electron chi connectivity index (χ4n) is 3.08. The molecule has 1 aliphatic rings. The SMILES string of the molecule is COc1ccc(C)cc1NS(=O)(=O)c1cc(-c2cnc(C3CC3)o2)ccc1C. The largest absolute Gasteiger partial charge is 0.495 e. The van der Waals surface area contributed by atoms with Crippen LogP contribution >= 0.6 is 0 Å². The van der Waals surface area contributed by atoms with Crippen LogP contribution in [0, 0.1) is 13.8 Å². The van der Waals surface area contributed by atoms with Crippen LogP contribution in [0.3, 0.4) is 0 Å². The van der Waals surface area contributed by atoms with Gasteiger partial charge in [-0.1, -0.05) is 18.2 Å². The monoisotopic (exact) mass is 398 g/mol. The molecule has 0 radical (unpaired) electrons. The van der Waals surface area contributed by atoms with E-state index in [9.17, 15) is 8.42 Å². The van der Waals surface area contributed by atoms with E-state index in [1.165, 1.54) is 7.11 Å². The number of benzene rings is 2. The molecule has 28 heavy (non-hydrogen) atoms. The first kappa shape index (κ1) is 18.6. The van der Waals surface area contributed by atoms with Gasteiger partial charge in [-0.25, -0.2) is 13.4 Å². The normalized spacial score (nSPS) is 14.1. The summed E-state index contributed by atoms with van der Waals surface area (Å²) in [6, 6.07) is 10.6. The highest BCUT2D eigenvalue weighted by molar-refractivity contribution is 7.92. The molecular weight excluding hydrogens is 376 g/mol.